The molecule has 0 atom stereocenters. The number of benzene rings is 2. The van der Waals surface area contributed by atoms with Gasteiger partial charge in [0, 0.05) is 16.7 Å². The zero-order valence-electron chi connectivity index (χ0n) is 14.3. The summed E-state index contributed by atoms with van der Waals surface area (Å²) in [4.78, 5) is 35.1. The predicted molar refractivity (Wildman–Crippen MR) is 99.3 cm³/mol. The number of hydrogen-bond acceptors (Lipinski definition) is 5. The molecule has 9 heteroatoms. The fourth-order valence-corrected chi connectivity index (χ4v) is 2.83. The molecule has 3 rings (SSSR count). The molecule has 8 nitrogen and oxygen atoms in total. The summed E-state index contributed by atoms with van der Waals surface area (Å²) in [6.07, 6.45) is 1.08. The van der Waals surface area contributed by atoms with E-state index in [4.69, 9.17) is 11.6 Å². The Morgan fingerprint density at radius 2 is 1.89 bits per heavy atom. The zero-order chi connectivity index (χ0) is 19.9. The Bertz CT molecular complexity index is 1030. The van der Waals surface area contributed by atoms with Gasteiger partial charge in [-0.05, 0) is 49.2 Å². The van der Waals surface area contributed by atoms with E-state index in [0.717, 1.165) is 28.3 Å². The van der Waals surface area contributed by atoms with Crippen molar-refractivity contribution in [1.29, 1.82) is 0 Å². The van der Waals surface area contributed by atoms with Gasteiger partial charge in [0.1, 0.15) is 5.57 Å². The molecule has 0 unspecified atom stereocenters. The monoisotopic (exact) mass is 387 g/mol. The molecule has 1 heterocycles. The molecule has 2 aromatic rings. The van der Waals surface area contributed by atoms with Gasteiger partial charge in [-0.25, -0.2) is 5.01 Å². The third kappa shape index (κ3) is 3.34. The van der Waals surface area contributed by atoms with Gasteiger partial charge >= 0.3 is 5.69 Å². The van der Waals surface area contributed by atoms with Crippen LogP contribution in [0.15, 0.2) is 35.9 Å². The Labute approximate surface area is 158 Å². The molecule has 1 fully saturated rings. The van der Waals surface area contributed by atoms with Crippen LogP contribution in [0.3, 0.4) is 0 Å². The number of phenols is 1. The van der Waals surface area contributed by atoms with Crippen LogP contribution in [0.4, 0.5) is 11.4 Å². The maximum Gasteiger partial charge on any atom is 0.312 e. The first-order valence-corrected chi connectivity index (χ1v) is 8.18. The number of aromatic hydroxyl groups is 1. The third-order valence-corrected chi connectivity index (χ3v) is 4.44. The first kappa shape index (κ1) is 18.4. The molecule has 0 bridgehead atoms. The number of phenolic OH excluding ortho intramolecular Hbond substituents is 1. The highest BCUT2D eigenvalue weighted by Gasteiger charge is 2.35. The summed E-state index contributed by atoms with van der Waals surface area (Å²) in [7, 11) is 0. The van der Waals surface area contributed by atoms with Gasteiger partial charge in [0.2, 0.25) is 5.75 Å². The van der Waals surface area contributed by atoms with Crippen molar-refractivity contribution in [2.45, 2.75) is 13.8 Å². The lowest BCUT2D eigenvalue weighted by molar-refractivity contribution is -0.385. The Hall–Kier alpha value is -3.39. The van der Waals surface area contributed by atoms with Gasteiger partial charge < -0.3 is 5.11 Å². The summed E-state index contributed by atoms with van der Waals surface area (Å²) < 4.78 is 0. The minimum atomic E-state index is -0.804. The summed E-state index contributed by atoms with van der Waals surface area (Å²) in [5, 5.41) is 22.1. The zero-order valence-corrected chi connectivity index (χ0v) is 15.1. The molecular formula is C18H14ClN3O5. The molecule has 1 saturated heterocycles. The quantitative estimate of drug-likeness (QED) is 0.364. The fraction of sp³-hybridized carbons (Fsp3) is 0.111. The molecule has 2 amide bonds. The highest BCUT2D eigenvalue weighted by atomic mass is 35.5. The number of hydrogen-bond donors (Lipinski definition) is 2. The predicted octanol–water partition coefficient (Wildman–Crippen LogP) is 3.03. The van der Waals surface area contributed by atoms with Crippen LogP contribution < -0.4 is 10.4 Å². The number of nitrogens with zero attached hydrogens (tertiary/aromatic N) is 2. The summed E-state index contributed by atoms with van der Waals surface area (Å²) in [5.41, 5.74) is 3.88. The van der Waals surface area contributed by atoms with E-state index >= 15 is 0 Å². The van der Waals surface area contributed by atoms with Crippen LogP contribution in [0.25, 0.3) is 6.08 Å². The highest BCUT2D eigenvalue weighted by Crippen LogP contribution is 2.35. The van der Waals surface area contributed by atoms with E-state index < -0.39 is 28.2 Å². The van der Waals surface area contributed by atoms with E-state index in [1.54, 1.807) is 12.1 Å². The average molecular weight is 388 g/mol. The van der Waals surface area contributed by atoms with Crippen molar-refractivity contribution in [3.8, 4) is 5.75 Å². The number of amides is 2. The summed E-state index contributed by atoms with van der Waals surface area (Å²) in [6, 6.07) is 7.47. The summed E-state index contributed by atoms with van der Waals surface area (Å²) >= 11 is 5.84. The molecule has 0 aromatic heterocycles. The molecule has 2 N–H and O–H groups in total. The van der Waals surface area contributed by atoms with E-state index in [2.05, 4.69) is 5.43 Å². The van der Waals surface area contributed by atoms with Gasteiger partial charge in [-0.15, -0.1) is 0 Å². The molecule has 0 aliphatic carbocycles. The van der Waals surface area contributed by atoms with Gasteiger partial charge in [-0.2, -0.15) is 0 Å². The number of rotatable bonds is 3. The van der Waals surface area contributed by atoms with Gasteiger partial charge in [0.05, 0.1) is 10.6 Å². The van der Waals surface area contributed by atoms with E-state index in [-0.39, 0.29) is 16.2 Å². The number of aryl methyl sites for hydroxylation is 2. The molecular weight excluding hydrogens is 374 g/mol. The smallest absolute Gasteiger partial charge is 0.312 e. The van der Waals surface area contributed by atoms with Crippen molar-refractivity contribution >= 4 is 40.9 Å². The molecule has 1 aliphatic rings. The minimum Gasteiger partial charge on any atom is -0.502 e. The Morgan fingerprint density at radius 1 is 1.19 bits per heavy atom. The number of carbonyl (C=O) groups excluding carboxylic acids is 2. The molecule has 138 valence electrons. The summed E-state index contributed by atoms with van der Waals surface area (Å²) in [5.74, 6) is -2.02. The van der Waals surface area contributed by atoms with Crippen molar-refractivity contribution in [2.24, 2.45) is 0 Å². The average Bonchev–Trinajstić information content (AvgIpc) is 2.88. The largest absolute Gasteiger partial charge is 0.502 e. The molecule has 2 aromatic carbocycles. The second kappa shape index (κ2) is 6.73. The Balaban J connectivity index is 2.03. The second-order valence-electron chi connectivity index (χ2n) is 6.03. The van der Waals surface area contributed by atoms with Gasteiger partial charge in [0.25, 0.3) is 11.8 Å². The maximum atomic E-state index is 12.7. The Kier molecular flexibility index (Phi) is 4.59. The van der Waals surface area contributed by atoms with E-state index in [9.17, 15) is 24.8 Å². The van der Waals surface area contributed by atoms with Gasteiger partial charge in [-0.1, -0.05) is 17.7 Å². The van der Waals surface area contributed by atoms with E-state index in [0.29, 0.717) is 5.69 Å². The van der Waals surface area contributed by atoms with Crippen LogP contribution in [0, 0.1) is 24.0 Å². The van der Waals surface area contributed by atoms with Crippen molar-refractivity contribution in [2.75, 3.05) is 5.01 Å². The van der Waals surface area contributed by atoms with Crippen LogP contribution >= 0.6 is 11.6 Å². The molecule has 0 saturated carbocycles. The fourth-order valence-electron chi connectivity index (χ4n) is 2.61. The van der Waals surface area contributed by atoms with Crippen molar-refractivity contribution < 1.29 is 19.6 Å². The first-order chi connectivity index (χ1) is 12.7. The topological polar surface area (TPSA) is 113 Å². The SMILES string of the molecule is Cc1ccc(N2NC(=O)/C(=C/c3cc(Cl)cc([N+](=O)[O-])c3O)C2=O)cc1C. The van der Waals surface area contributed by atoms with Crippen LogP contribution in [-0.2, 0) is 9.59 Å². The van der Waals surface area contributed by atoms with E-state index in [1.807, 2.05) is 19.9 Å². The lowest BCUT2D eigenvalue weighted by Gasteiger charge is -2.16. The van der Waals surface area contributed by atoms with Crippen LogP contribution in [-0.4, -0.2) is 21.8 Å². The number of halogens is 1. The van der Waals surface area contributed by atoms with Crippen molar-refractivity contribution in [3.63, 3.8) is 0 Å². The van der Waals surface area contributed by atoms with Gasteiger partial charge in [-0.3, -0.25) is 25.1 Å². The summed E-state index contributed by atoms with van der Waals surface area (Å²) in [6.45, 7) is 3.80. The normalized spacial score (nSPS) is 15.4. The van der Waals surface area contributed by atoms with Crippen molar-refractivity contribution in [3.05, 3.63) is 67.7 Å². The number of nitrogens with one attached hydrogen (secondary N) is 1. The van der Waals surface area contributed by atoms with Crippen molar-refractivity contribution in [1.82, 2.24) is 5.43 Å². The first-order valence-electron chi connectivity index (χ1n) is 7.80. The number of hydrazine groups is 1. The van der Waals surface area contributed by atoms with E-state index in [1.165, 1.54) is 6.07 Å². The standard InChI is InChI=1S/C18H14ClN3O5/c1-9-3-4-13(5-10(9)2)21-18(25)14(17(24)20-21)7-11-6-12(19)8-15(16(11)23)22(26)27/h3-8,23H,1-2H3,(H,20,24)/b14-7-. The lowest BCUT2D eigenvalue weighted by Crippen LogP contribution is -2.35. The second-order valence-corrected chi connectivity index (χ2v) is 6.46. The number of carbonyl (C=O) groups is 2. The highest BCUT2D eigenvalue weighted by molar-refractivity contribution is 6.32. The molecule has 0 radical (unpaired) electrons. The van der Waals surface area contributed by atoms with Crippen LogP contribution in [0.2, 0.25) is 5.02 Å². The Morgan fingerprint density at radius 3 is 2.52 bits per heavy atom. The lowest BCUT2D eigenvalue weighted by atomic mass is 10.1. The number of nitro groups is 1. The van der Waals surface area contributed by atoms with Crippen LogP contribution in [0.5, 0.6) is 5.75 Å². The minimum absolute atomic E-state index is 0.0109. The third-order valence-electron chi connectivity index (χ3n) is 4.22. The number of nitro benzene ring substituents is 1. The molecule has 27 heavy (non-hydrogen) atoms. The van der Waals surface area contributed by atoms with Gasteiger partial charge in [0.15, 0.2) is 0 Å². The molecule has 1 aliphatic heterocycles. The molecule has 0 spiro atoms. The van der Waals surface area contributed by atoms with Crippen LogP contribution in [0.1, 0.15) is 16.7 Å². The maximum absolute atomic E-state index is 12.7. The number of anilines is 1.